The number of furan rings is 1. The van der Waals surface area contributed by atoms with Gasteiger partial charge in [0.1, 0.15) is 5.76 Å². The minimum atomic E-state index is -0.162. The number of hydrogen-bond acceptors (Lipinski definition) is 6. The fourth-order valence-electron chi connectivity index (χ4n) is 4.16. The van der Waals surface area contributed by atoms with Crippen molar-refractivity contribution < 1.29 is 9.21 Å². The highest BCUT2D eigenvalue weighted by Gasteiger charge is 2.33. The zero-order valence-electron chi connectivity index (χ0n) is 16.8. The number of para-hydroxylation sites is 1. The van der Waals surface area contributed by atoms with E-state index < -0.39 is 0 Å². The SMILES string of the molecule is O=C1C(Sc2nnc(N3CCCC3)n2Cc2ccco2)CCCN1c1ccccc1. The van der Waals surface area contributed by atoms with Crippen LogP contribution in [0.5, 0.6) is 0 Å². The Morgan fingerprint density at radius 3 is 2.60 bits per heavy atom. The number of amides is 1. The highest BCUT2D eigenvalue weighted by atomic mass is 32.2. The van der Waals surface area contributed by atoms with Gasteiger partial charge in [-0.15, -0.1) is 10.2 Å². The molecule has 1 aromatic carbocycles. The zero-order chi connectivity index (χ0) is 20.3. The van der Waals surface area contributed by atoms with Crippen LogP contribution < -0.4 is 9.80 Å². The highest BCUT2D eigenvalue weighted by molar-refractivity contribution is 8.00. The Bertz CT molecular complexity index is 982. The highest BCUT2D eigenvalue weighted by Crippen LogP contribution is 2.34. The third kappa shape index (κ3) is 3.84. The Balaban J connectivity index is 1.40. The van der Waals surface area contributed by atoms with Crippen LogP contribution in [0.25, 0.3) is 0 Å². The number of hydrogen-bond donors (Lipinski definition) is 0. The molecule has 0 saturated carbocycles. The summed E-state index contributed by atoms with van der Waals surface area (Å²) >= 11 is 1.53. The molecule has 2 fully saturated rings. The predicted octanol–water partition coefficient (Wildman–Crippen LogP) is 3.81. The van der Waals surface area contributed by atoms with Crippen molar-refractivity contribution in [1.29, 1.82) is 0 Å². The number of aromatic nitrogens is 3. The fraction of sp³-hybridized carbons (Fsp3) is 0.409. The summed E-state index contributed by atoms with van der Waals surface area (Å²) < 4.78 is 7.69. The molecule has 5 rings (SSSR count). The van der Waals surface area contributed by atoms with Crippen molar-refractivity contribution in [3.8, 4) is 0 Å². The third-order valence-electron chi connectivity index (χ3n) is 5.69. The van der Waals surface area contributed by atoms with Crippen LogP contribution >= 0.6 is 11.8 Å². The van der Waals surface area contributed by atoms with Crippen LogP contribution in [-0.4, -0.2) is 45.6 Å². The second kappa shape index (κ2) is 8.55. The maximum Gasteiger partial charge on any atom is 0.240 e. The van der Waals surface area contributed by atoms with E-state index in [9.17, 15) is 4.79 Å². The van der Waals surface area contributed by atoms with Gasteiger partial charge >= 0.3 is 0 Å². The zero-order valence-corrected chi connectivity index (χ0v) is 17.6. The van der Waals surface area contributed by atoms with E-state index in [-0.39, 0.29) is 11.2 Å². The molecule has 1 atom stereocenters. The van der Waals surface area contributed by atoms with E-state index in [4.69, 9.17) is 4.42 Å². The summed E-state index contributed by atoms with van der Waals surface area (Å²) in [7, 11) is 0. The first-order valence-electron chi connectivity index (χ1n) is 10.5. The van der Waals surface area contributed by atoms with Gasteiger partial charge in [-0.05, 0) is 49.9 Å². The normalized spacial score (nSPS) is 19.6. The van der Waals surface area contributed by atoms with E-state index in [2.05, 4.69) is 19.7 Å². The standard InChI is InChI=1S/C22H25N5O2S/c28-20-19(11-6-14-26(20)17-8-2-1-3-9-17)30-22-24-23-21(25-12-4-5-13-25)27(22)16-18-10-7-15-29-18/h1-3,7-10,15,19H,4-6,11-14,16H2. The topological polar surface area (TPSA) is 67.4 Å². The van der Waals surface area contributed by atoms with Crippen LogP contribution in [0.15, 0.2) is 58.3 Å². The predicted molar refractivity (Wildman–Crippen MR) is 117 cm³/mol. The lowest BCUT2D eigenvalue weighted by Gasteiger charge is -2.31. The van der Waals surface area contributed by atoms with Crippen molar-refractivity contribution >= 4 is 29.3 Å². The fourth-order valence-corrected chi connectivity index (χ4v) is 5.29. The summed E-state index contributed by atoms with van der Waals surface area (Å²) in [4.78, 5) is 17.4. The summed E-state index contributed by atoms with van der Waals surface area (Å²) in [5, 5.41) is 9.60. The van der Waals surface area contributed by atoms with Gasteiger partial charge in [-0.1, -0.05) is 30.0 Å². The van der Waals surface area contributed by atoms with Crippen LogP contribution in [0.2, 0.25) is 0 Å². The summed E-state index contributed by atoms with van der Waals surface area (Å²) in [6, 6.07) is 13.8. The van der Waals surface area contributed by atoms with Crippen molar-refractivity contribution in [3.63, 3.8) is 0 Å². The molecular weight excluding hydrogens is 398 g/mol. The number of carbonyl (C=O) groups excluding carboxylic acids is 1. The lowest BCUT2D eigenvalue weighted by Crippen LogP contribution is -2.43. The van der Waals surface area contributed by atoms with Gasteiger partial charge in [0.15, 0.2) is 5.16 Å². The Kier molecular flexibility index (Phi) is 5.48. The number of thioether (sulfide) groups is 1. The molecule has 2 aromatic heterocycles. The molecule has 1 unspecified atom stereocenters. The molecule has 1 amide bonds. The van der Waals surface area contributed by atoms with E-state index in [1.54, 1.807) is 6.26 Å². The van der Waals surface area contributed by atoms with Crippen LogP contribution in [-0.2, 0) is 11.3 Å². The average molecular weight is 424 g/mol. The summed E-state index contributed by atoms with van der Waals surface area (Å²) in [5.74, 6) is 1.88. The number of rotatable bonds is 6. The first-order chi connectivity index (χ1) is 14.8. The molecule has 0 radical (unpaired) electrons. The lowest BCUT2D eigenvalue weighted by atomic mass is 10.1. The van der Waals surface area contributed by atoms with Crippen molar-refractivity contribution in [1.82, 2.24) is 14.8 Å². The Morgan fingerprint density at radius 2 is 1.83 bits per heavy atom. The van der Waals surface area contributed by atoms with Crippen molar-refractivity contribution in [2.45, 2.75) is 42.6 Å². The number of anilines is 2. The molecule has 7 nitrogen and oxygen atoms in total. The molecule has 156 valence electrons. The molecule has 3 aromatic rings. The van der Waals surface area contributed by atoms with Gasteiger partial charge in [0, 0.05) is 25.3 Å². The summed E-state index contributed by atoms with van der Waals surface area (Å²) in [5.41, 5.74) is 0.961. The van der Waals surface area contributed by atoms with Gasteiger partial charge in [0.25, 0.3) is 0 Å². The molecule has 4 heterocycles. The van der Waals surface area contributed by atoms with E-state index in [0.717, 1.165) is 55.0 Å². The molecule has 0 aliphatic carbocycles. The van der Waals surface area contributed by atoms with Crippen molar-refractivity contribution in [2.75, 3.05) is 29.4 Å². The van der Waals surface area contributed by atoms with E-state index in [1.807, 2.05) is 47.4 Å². The largest absolute Gasteiger partial charge is 0.467 e. The second-order valence-electron chi connectivity index (χ2n) is 7.72. The summed E-state index contributed by atoms with van der Waals surface area (Å²) in [6.07, 6.45) is 5.85. The van der Waals surface area contributed by atoms with Crippen LogP contribution in [0.4, 0.5) is 11.6 Å². The lowest BCUT2D eigenvalue weighted by molar-refractivity contribution is -0.119. The number of carbonyl (C=O) groups is 1. The van der Waals surface area contributed by atoms with E-state index >= 15 is 0 Å². The van der Waals surface area contributed by atoms with Gasteiger partial charge in [-0.25, -0.2) is 0 Å². The van der Waals surface area contributed by atoms with Gasteiger partial charge < -0.3 is 14.2 Å². The Morgan fingerprint density at radius 1 is 1.00 bits per heavy atom. The van der Waals surface area contributed by atoms with Gasteiger partial charge in [-0.3, -0.25) is 9.36 Å². The number of benzene rings is 1. The average Bonchev–Trinajstić information content (AvgIpc) is 3.54. The Hall–Kier alpha value is -2.74. The number of piperidine rings is 1. The monoisotopic (exact) mass is 423 g/mol. The molecule has 0 N–H and O–H groups in total. The molecular formula is C22H25N5O2S. The molecule has 0 spiro atoms. The van der Waals surface area contributed by atoms with Gasteiger partial charge in [-0.2, -0.15) is 0 Å². The second-order valence-corrected chi connectivity index (χ2v) is 8.89. The van der Waals surface area contributed by atoms with Crippen LogP contribution in [0, 0.1) is 0 Å². The summed E-state index contributed by atoms with van der Waals surface area (Å²) in [6.45, 7) is 3.31. The quantitative estimate of drug-likeness (QED) is 0.601. The Labute approximate surface area is 180 Å². The van der Waals surface area contributed by atoms with Gasteiger partial charge in [0.2, 0.25) is 11.9 Å². The first-order valence-corrected chi connectivity index (χ1v) is 11.4. The minimum absolute atomic E-state index is 0.146. The maximum atomic E-state index is 13.2. The van der Waals surface area contributed by atoms with Gasteiger partial charge in [0.05, 0.1) is 18.1 Å². The maximum absolute atomic E-state index is 13.2. The van der Waals surface area contributed by atoms with Crippen molar-refractivity contribution in [3.05, 3.63) is 54.5 Å². The van der Waals surface area contributed by atoms with Crippen molar-refractivity contribution in [2.24, 2.45) is 0 Å². The molecule has 2 saturated heterocycles. The third-order valence-corrected chi connectivity index (χ3v) is 6.92. The van der Waals surface area contributed by atoms with Crippen LogP contribution in [0.3, 0.4) is 0 Å². The number of nitrogens with zero attached hydrogens (tertiary/aromatic N) is 5. The molecule has 2 aliphatic rings. The minimum Gasteiger partial charge on any atom is -0.467 e. The smallest absolute Gasteiger partial charge is 0.240 e. The molecule has 30 heavy (non-hydrogen) atoms. The molecule has 2 aliphatic heterocycles. The first kappa shape index (κ1) is 19.2. The van der Waals surface area contributed by atoms with Crippen LogP contribution in [0.1, 0.15) is 31.4 Å². The van der Waals surface area contributed by atoms with E-state index in [1.165, 1.54) is 24.6 Å². The molecule has 8 heteroatoms. The van der Waals surface area contributed by atoms with E-state index in [0.29, 0.717) is 6.54 Å². The molecule has 0 bridgehead atoms.